The number of benzene rings is 1. The molecule has 0 aliphatic rings. The predicted molar refractivity (Wildman–Crippen MR) is 97.6 cm³/mol. The van der Waals surface area contributed by atoms with Gasteiger partial charge >= 0.3 is 0 Å². The first-order valence-corrected chi connectivity index (χ1v) is 8.18. The minimum atomic E-state index is 0.236. The molecule has 1 N–H and O–H groups in total. The molecular formula is C18H25ClN2O3. The molecule has 1 aromatic heterocycles. The Balaban J connectivity index is 2.16. The minimum Gasteiger partial charge on any atom is -0.497 e. The molecule has 0 amide bonds. The molecule has 1 aromatic carbocycles. The summed E-state index contributed by atoms with van der Waals surface area (Å²) in [6.07, 6.45) is 0. The van der Waals surface area contributed by atoms with Crippen LogP contribution in [-0.2, 0) is 18.3 Å². The summed E-state index contributed by atoms with van der Waals surface area (Å²) in [6.45, 7) is 3.36. The minimum absolute atomic E-state index is 0.236. The molecule has 1 heterocycles. The van der Waals surface area contributed by atoms with Crippen LogP contribution in [0.1, 0.15) is 24.0 Å². The van der Waals surface area contributed by atoms with Crippen LogP contribution in [0.15, 0.2) is 24.3 Å². The van der Waals surface area contributed by atoms with Gasteiger partial charge in [-0.15, -0.1) is 0 Å². The number of ether oxygens (including phenoxy) is 3. The summed E-state index contributed by atoms with van der Waals surface area (Å²) in [6, 6.07) is 7.86. The van der Waals surface area contributed by atoms with Crippen molar-refractivity contribution in [3.63, 3.8) is 0 Å². The van der Waals surface area contributed by atoms with Crippen molar-refractivity contribution in [2.75, 3.05) is 33.3 Å². The average molecular weight is 353 g/mol. The Morgan fingerprint density at radius 2 is 1.92 bits per heavy atom. The maximum atomic E-state index is 6.45. The van der Waals surface area contributed by atoms with E-state index in [4.69, 9.17) is 25.8 Å². The van der Waals surface area contributed by atoms with Crippen molar-refractivity contribution in [3.8, 4) is 11.5 Å². The fraction of sp³-hybridized carbons (Fsp3) is 0.444. The smallest absolute Gasteiger partial charge is 0.127 e. The second-order valence-electron chi connectivity index (χ2n) is 5.72. The zero-order valence-corrected chi connectivity index (χ0v) is 15.6. The van der Waals surface area contributed by atoms with Crippen molar-refractivity contribution in [1.29, 1.82) is 0 Å². The third-order valence-corrected chi connectivity index (χ3v) is 4.56. The van der Waals surface area contributed by atoms with E-state index < -0.39 is 0 Å². The fourth-order valence-electron chi connectivity index (χ4n) is 2.64. The van der Waals surface area contributed by atoms with E-state index in [1.54, 1.807) is 21.3 Å². The molecular weight excluding hydrogens is 328 g/mol. The van der Waals surface area contributed by atoms with Crippen LogP contribution in [0.4, 0.5) is 5.82 Å². The Labute approximate surface area is 148 Å². The first kappa shape index (κ1) is 18.5. The van der Waals surface area contributed by atoms with E-state index in [-0.39, 0.29) is 5.92 Å². The van der Waals surface area contributed by atoms with Crippen molar-refractivity contribution < 1.29 is 14.2 Å². The number of rotatable bonds is 8. The van der Waals surface area contributed by atoms with Gasteiger partial charge in [-0.3, -0.25) is 0 Å². The first-order valence-electron chi connectivity index (χ1n) is 7.80. The van der Waals surface area contributed by atoms with Gasteiger partial charge in [0.1, 0.15) is 22.5 Å². The van der Waals surface area contributed by atoms with Gasteiger partial charge in [-0.1, -0.05) is 18.5 Å². The van der Waals surface area contributed by atoms with Gasteiger partial charge in [-0.2, -0.15) is 0 Å². The topological polar surface area (TPSA) is 44.6 Å². The number of aromatic nitrogens is 1. The summed E-state index contributed by atoms with van der Waals surface area (Å²) in [4.78, 5) is 0. The SMILES string of the molecule is COCC(C)c1cc(NCc2ccc(OC)cc2OC)n(C)c1Cl. The summed E-state index contributed by atoms with van der Waals surface area (Å²) in [5.74, 6) is 2.75. The van der Waals surface area contributed by atoms with Gasteiger partial charge in [0.25, 0.3) is 0 Å². The number of nitrogens with one attached hydrogen (secondary N) is 1. The van der Waals surface area contributed by atoms with Gasteiger partial charge in [0, 0.05) is 38.2 Å². The van der Waals surface area contributed by atoms with Crippen LogP contribution in [-0.4, -0.2) is 32.5 Å². The van der Waals surface area contributed by atoms with E-state index in [9.17, 15) is 0 Å². The molecule has 1 atom stereocenters. The molecule has 2 rings (SSSR count). The maximum absolute atomic E-state index is 6.45. The van der Waals surface area contributed by atoms with Gasteiger partial charge in [-0.05, 0) is 23.8 Å². The molecule has 24 heavy (non-hydrogen) atoms. The van der Waals surface area contributed by atoms with Crippen LogP contribution in [0.5, 0.6) is 11.5 Å². The number of nitrogens with zero attached hydrogens (tertiary/aromatic N) is 1. The third-order valence-electron chi connectivity index (χ3n) is 4.09. The first-order chi connectivity index (χ1) is 11.5. The molecule has 0 saturated carbocycles. The summed E-state index contributed by atoms with van der Waals surface area (Å²) >= 11 is 6.45. The molecule has 132 valence electrons. The normalized spacial score (nSPS) is 12.1. The number of hydrogen-bond acceptors (Lipinski definition) is 4. The standard InChI is InChI=1S/C18H25ClN2O3/c1-12(11-22-3)15-9-17(21(2)18(15)19)20-10-13-6-7-14(23-4)8-16(13)24-5/h6-9,12,20H,10-11H2,1-5H3. The highest BCUT2D eigenvalue weighted by Crippen LogP contribution is 2.31. The van der Waals surface area contributed by atoms with Crippen LogP contribution >= 0.6 is 11.6 Å². The zero-order chi connectivity index (χ0) is 17.7. The van der Waals surface area contributed by atoms with Gasteiger partial charge in [-0.25, -0.2) is 0 Å². The van der Waals surface area contributed by atoms with Crippen LogP contribution < -0.4 is 14.8 Å². The van der Waals surface area contributed by atoms with Crippen molar-refractivity contribution in [2.24, 2.45) is 7.05 Å². The number of methoxy groups -OCH3 is 3. The summed E-state index contributed by atoms with van der Waals surface area (Å²) in [5, 5.41) is 4.14. The summed E-state index contributed by atoms with van der Waals surface area (Å²) < 4.78 is 17.8. The van der Waals surface area contributed by atoms with Gasteiger partial charge in [0.15, 0.2) is 0 Å². The Kier molecular flexibility index (Phi) is 6.40. The fourth-order valence-corrected chi connectivity index (χ4v) is 2.97. The summed E-state index contributed by atoms with van der Waals surface area (Å²) in [5.41, 5.74) is 2.12. The average Bonchev–Trinajstić information content (AvgIpc) is 2.88. The van der Waals surface area contributed by atoms with Crippen LogP contribution in [0.25, 0.3) is 0 Å². The Morgan fingerprint density at radius 3 is 2.54 bits per heavy atom. The van der Waals surface area contributed by atoms with Crippen LogP contribution in [0, 0.1) is 0 Å². The molecule has 0 bridgehead atoms. The van der Waals surface area contributed by atoms with Crippen molar-refractivity contribution in [3.05, 3.63) is 40.5 Å². The highest BCUT2D eigenvalue weighted by molar-refractivity contribution is 6.30. The van der Waals surface area contributed by atoms with Crippen molar-refractivity contribution >= 4 is 17.4 Å². The van der Waals surface area contributed by atoms with Crippen LogP contribution in [0.3, 0.4) is 0 Å². The van der Waals surface area contributed by atoms with E-state index in [1.165, 1.54) is 0 Å². The van der Waals surface area contributed by atoms with Crippen molar-refractivity contribution in [2.45, 2.75) is 19.4 Å². The third kappa shape index (κ3) is 3.97. The monoisotopic (exact) mass is 352 g/mol. The second kappa shape index (κ2) is 8.31. The van der Waals surface area contributed by atoms with Crippen molar-refractivity contribution in [1.82, 2.24) is 4.57 Å². The number of anilines is 1. The van der Waals surface area contributed by atoms with E-state index in [1.807, 2.05) is 29.8 Å². The quantitative estimate of drug-likeness (QED) is 0.778. The molecule has 5 nitrogen and oxygen atoms in total. The Bertz CT molecular complexity index is 685. The largest absolute Gasteiger partial charge is 0.497 e. The second-order valence-corrected chi connectivity index (χ2v) is 6.08. The van der Waals surface area contributed by atoms with E-state index in [2.05, 4.69) is 18.3 Å². The maximum Gasteiger partial charge on any atom is 0.127 e. The highest BCUT2D eigenvalue weighted by Gasteiger charge is 2.16. The van der Waals surface area contributed by atoms with Gasteiger partial charge < -0.3 is 24.1 Å². The lowest BCUT2D eigenvalue weighted by molar-refractivity contribution is 0.184. The van der Waals surface area contributed by atoms with E-state index in [0.29, 0.717) is 13.2 Å². The molecule has 0 fully saturated rings. The van der Waals surface area contributed by atoms with Crippen LogP contribution in [0.2, 0.25) is 5.15 Å². The molecule has 0 radical (unpaired) electrons. The Hall–Kier alpha value is -1.85. The van der Waals surface area contributed by atoms with Gasteiger partial charge in [0.2, 0.25) is 0 Å². The highest BCUT2D eigenvalue weighted by atomic mass is 35.5. The molecule has 6 heteroatoms. The summed E-state index contributed by atoms with van der Waals surface area (Å²) in [7, 11) is 6.94. The lowest BCUT2D eigenvalue weighted by Crippen LogP contribution is -2.05. The van der Waals surface area contributed by atoms with Gasteiger partial charge in [0.05, 0.1) is 20.8 Å². The Morgan fingerprint density at radius 1 is 1.17 bits per heavy atom. The molecule has 1 unspecified atom stereocenters. The molecule has 2 aromatic rings. The predicted octanol–water partition coefficient (Wildman–Crippen LogP) is 4.06. The molecule has 0 aliphatic heterocycles. The number of hydrogen-bond donors (Lipinski definition) is 1. The zero-order valence-electron chi connectivity index (χ0n) is 14.9. The lowest BCUT2D eigenvalue weighted by Gasteiger charge is -2.12. The molecule has 0 saturated heterocycles. The lowest BCUT2D eigenvalue weighted by atomic mass is 10.1. The van der Waals surface area contributed by atoms with E-state index >= 15 is 0 Å². The van der Waals surface area contributed by atoms with E-state index in [0.717, 1.165) is 33.6 Å². The number of halogens is 1. The molecule has 0 aliphatic carbocycles. The molecule has 0 spiro atoms.